The molecule has 2 aromatic heterocycles. The molecule has 9 heteroatoms. The fourth-order valence-electron chi connectivity index (χ4n) is 2.53. The van der Waals surface area contributed by atoms with Crippen molar-refractivity contribution < 1.29 is 4.79 Å². The number of piperidine rings is 1. The van der Waals surface area contributed by atoms with Crippen LogP contribution in [-0.4, -0.2) is 34.0 Å². The van der Waals surface area contributed by atoms with Crippen LogP contribution in [0.1, 0.15) is 47.2 Å². The molecule has 2 aromatic rings. The van der Waals surface area contributed by atoms with Gasteiger partial charge in [0.2, 0.25) is 0 Å². The molecular weight excluding hydrogens is 357 g/mol. The van der Waals surface area contributed by atoms with E-state index in [9.17, 15) is 4.79 Å². The lowest BCUT2D eigenvalue weighted by Crippen LogP contribution is -2.29. The van der Waals surface area contributed by atoms with E-state index in [-0.39, 0.29) is 24.4 Å². The van der Waals surface area contributed by atoms with E-state index in [0.717, 1.165) is 30.8 Å². The van der Waals surface area contributed by atoms with Gasteiger partial charge in [-0.05, 0) is 45.0 Å². The van der Waals surface area contributed by atoms with Crippen molar-refractivity contribution in [3.63, 3.8) is 0 Å². The summed E-state index contributed by atoms with van der Waals surface area (Å²) in [5, 5.41) is 14.3. The van der Waals surface area contributed by atoms with Crippen LogP contribution >= 0.6 is 35.3 Å². The highest BCUT2D eigenvalue weighted by atomic mass is 35.5. The molecule has 0 bridgehead atoms. The lowest BCUT2D eigenvalue weighted by molar-refractivity contribution is 0.0935. The van der Waals surface area contributed by atoms with Crippen LogP contribution in [0, 0.1) is 0 Å². The Labute approximate surface area is 150 Å². The van der Waals surface area contributed by atoms with Crippen molar-refractivity contribution in [3.8, 4) is 0 Å². The van der Waals surface area contributed by atoms with E-state index >= 15 is 0 Å². The smallest absolute Gasteiger partial charge is 0.273 e. The van der Waals surface area contributed by atoms with Crippen molar-refractivity contribution in [2.45, 2.75) is 31.8 Å². The molecule has 6 nitrogen and oxygen atoms in total. The highest BCUT2D eigenvalue weighted by Crippen LogP contribution is 2.26. The second-order valence-corrected chi connectivity index (χ2v) is 7.15. The second-order valence-electron chi connectivity index (χ2n) is 5.40. The van der Waals surface area contributed by atoms with Crippen LogP contribution < -0.4 is 10.6 Å². The van der Waals surface area contributed by atoms with Crippen LogP contribution in [0.4, 0.5) is 0 Å². The third-order valence-corrected chi connectivity index (χ3v) is 5.21. The summed E-state index contributed by atoms with van der Waals surface area (Å²) in [6.45, 7) is 3.88. The molecule has 3 heterocycles. The van der Waals surface area contributed by atoms with Gasteiger partial charge in [0.1, 0.15) is 0 Å². The maximum Gasteiger partial charge on any atom is 0.273 e. The molecule has 0 aromatic carbocycles. The number of halogens is 2. The van der Waals surface area contributed by atoms with Gasteiger partial charge in [-0.15, -0.1) is 28.8 Å². The zero-order chi connectivity index (χ0) is 15.5. The first-order valence-corrected chi connectivity index (χ1v) is 8.51. The van der Waals surface area contributed by atoms with Crippen molar-refractivity contribution in [2.24, 2.45) is 0 Å². The number of nitrogens with zero attached hydrogens (tertiary/aromatic N) is 3. The van der Waals surface area contributed by atoms with Gasteiger partial charge in [-0.3, -0.25) is 4.79 Å². The Bertz CT molecular complexity index is 653. The highest BCUT2D eigenvalue weighted by molar-refractivity contribution is 7.16. The first-order valence-electron chi connectivity index (χ1n) is 7.32. The minimum absolute atomic E-state index is 0. The minimum atomic E-state index is -0.211. The lowest BCUT2D eigenvalue weighted by Gasteiger charge is -2.22. The number of carbonyl (C=O) groups is 1. The molecule has 1 unspecified atom stereocenters. The number of hydrogen-bond donors (Lipinski definition) is 2. The zero-order valence-electron chi connectivity index (χ0n) is 12.7. The second kappa shape index (κ2) is 8.10. The Morgan fingerprint density at radius 3 is 2.87 bits per heavy atom. The number of hydrogen-bond acceptors (Lipinski definition) is 5. The molecule has 1 atom stereocenters. The molecule has 0 aliphatic carbocycles. The van der Waals surface area contributed by atoms with Crippen molar-refractivity contribution in [1.82, 2.24) is 25.6 Å². The van der Waals surface area contributed by atoms with Gasteiger partial charge >= 0.3 is 0 Å². The van der Waals surface area contributed by atoms with Gasteiger partial charge in [0.15, 0.2) is 5.69 Å². The van der Waals surface area contributed by atoms with Gasteiger partial charge in [-0.1, -0.05) is 16.8 Å². The Kier molecular flexibility index (Phi) is 6.41. The average Bonchev–Trinajstić information content (AvgIpc) is 3.17. The number of thiophene rings is 1. The summed E-state index contributed by atoms with van der Waals surface area (Å²) >= 11 is 7.39. The molecule has 23 heavy (non-hydrogen) atoms. The molecule has 1 aliphatic rings. The van der Waals surface area contributed by atoms with Crippen molar-refractivity contribution in [3.05, 3.63) is 33.2 Å². The maximum atomic E-state index is 12.3. The summed E-state index contributed by atoms with van der Waals surface area (Å²) in [5.41, 5.74) is 0.355. The SMILES string of the molecule is CC(NC(=O)c1cn(C2CCNCC2)nn1)c1ccc(Cl)s1.Cl. The fraction of sp³-hybridized carbons (Fsp3) is 0.500. The maximum absolute atomic E-state index is 12.3. The molecule has 126 valence electrons. The number of aromatic nitrogens is 3. The molecule has 0 radical (unpaired) electrons. The third-order valence-electron chi connectivity index (χ3n) is 3.79. The minimum Gasteiger partial charge on any atom is -0.343 e. The van der Waals surface area contributed by atoms with E-state index in [2.05, 4.69) is 20.9 Å². The molecule has 1 amide bonds. The van der Waals surface area contributed by atoms with Crippen molar-refractivity contribution in [2.75, 3.05) is 13.1 Å². The first kappa shape index (κ1) is 18.2. The zero-order valence-corrected chi connectivity index (χ0v) is 15.0. The molecular formula is C14H19Cl2N5OS. The van der Waals surface area contributed by atoms with Crippen LogP contribution in [0.2, 0.25) is 4.34 Å². The summed E-state index contributed by atoms with van der Waals surface area (Å²) in [6.07, 6.45) is 3.75. The molecule has 1 aliphatic heterocycles. The average molecular weight is 376 g/mol. The van der Waals surface area contributed by atoms with E-state index in [1.54, 1.807) is 6.20 Å². The van der Waals surface area contributed by atoms with Gasteiger partial charge in [-0.25, -0.2) is 4.68 Å². The van der Waals surface area contributed by atoms with Crippen LogP contribution in [0.25, 0.3) is 0 Å². The predicted molar refractivity (Wildman–Crippen MR) is 93.6 cm³/mol. The van der Waals surface area contributed by atoms with Crippen molar-refractivity contribution >= 4 is 41.3 Å². The molecule has 0 saturated carbocycles. The van der Waals surface area contributed by atoms with Gasteiger partial charge in [0.05, 0.1) is 22.6 Å². The first-order chi connectivity index (χ1) is 10.6. The summed E-state index contributed by atoms with van der Waals surface area (Å²) in [7, 11) is 0. The van der Waals surface area contributed by atoms with Gasteiger partial charge in [-0.2, -0.15) is 0 Å². The Balaban J connectivity index is 0.00000192. The van der Waals surface area contributed by atoms with Crippen LogP contribution in [0.15, 0.2) is 18.3 Å². The lowest BCUT2D eigenvalue weighted by atomic mass is 10.1. The summed E-state index contributed by atoms with van der Waals surface area (Å²) in [6, 6.07) is 3.97. The highest BCUT2D eigenvalue weighted by Gasteiger charge is 2.20. The summed E-state index contributed by atoms with van der Waals surface area (Å²) < 4.78 is 2.52. The molecule has 0 spiro atoms. The topological polar surface area (TPSA) is 71.8 Å². The summed E-state index contributed by atoms with van der Waals surface area (Å²) in [5.74, 6) is -0.211. The molecule has 2 N–H and O–H groups in total. The van der Waals surface area contributed by atoms with Gasteiger partial charge < -0.3 is 10.6 Å². The van der Waals surface area contributed by atoms with Gasteiger partial charge in [0, 0.05) is 4.88 Å². The number of nitrogens with one attached hydrogen (secondary N) is 2. The van der Waals surface area contributed by atoms with Crippen LogP contribution in [0.5, 0.6) is 0 Å². The van der Waals surface area contributed by atoms with Crippen molar-refractivity contribution in [1.29, 1.82) is 0 Å². The number of rotatable bonds is 4. The quantitative estimate of drug-likeness (QED) is 0.861. The van der Waals surface area contributed by atoms with E-state index in [1.807, 2.05) is 23.7 Å². The monoisotopic (exact) mass is 375 g/mol. The van der Waals surface area contributed by atoms with Crippen LogP contribution in [-0.2, 0) is 0 Å². The predicted octanol–water partition coefficient (Wildman–Crippen LogP) is 2.83. The van der Waals surface area contributed by atoms with E-state index < -0.39 is 0 Å². The largest absolute Gasteiger partial charge is 0.343 e. The number of carbonyl (C=O) groups excluding carboxylic acids is 1. The van der Waals surface area contributed by atoms with E-state index in [4.69, 9.17) is 11.6 Å². The molecule has 3 rings (SSSR count). The van der Waals surface area contributed by atoms with Crippen LogP contribution in [0.3, 0.4) is 0 Å². The third kappa shape index (κ3) is 4.44. The Morgan fingerprint density at radius 2 is 2.22 bits per heavy atom. The molecule has 1 fully saturated rings. The fourth-order valence-corrected chi connectivity index (χ4v) is 3.60. The van der Waals surface area contributed by atoms with E-state index in [0.29, 0.717) is 16.1 Å². The molecule has 1 saturated heterocycles. The Hall–Kier alpha value is -1.15. The van der Waals surface area contributed by atoms with E-state index in [1.165, 1.54) is 11.3 Å². The van der Waals surface area contributed by atoms with Gasteiger partial charge in [0.25, 0.3) is 5.91 Å². The Morgan fingerprint density at radius 1 is 1.48 bits per heavy atom. The summed E-state index contributed by atoms with van der Waals surface area (Å²) in [4.78, 5) is 13.3. The standard InChI is InChI=1S/C14H18ClN5OS.ClH/c1-9(12-2-3-13(15)22-12)17-14(21)11-8-20(19-18-11)10-4-6-16-7-5-10;/h2-3,8-10,16H,4-7H2,1H3,(H,17,21);1H. The number of amides is 1. The normalized spacial score (nSPS) is 16.6.